The Morgan fingerprint density at radius 3 is 1.92 bits per heavy atom. The quantitative estimate of drug-likeness (QED) is 0.395. The van der Waals surface area contributed by atoms with Crippen LogP contribution >= 0.6 is 0 Å². The molecule has 0 aliphatic heterocycles. The summed E-state index contributed by atoms with van der Waals surface area (Å²) < 4.78 is 0. The molecule has 0 aliphatic carbocycles. The molecule has 1 heterocycles. The maximum atomic E-state index is 4.16. The first kappa shape index (κ1) is 20.9. The molecule has 0 radical (unpaired) electrons. The van der Waals surface area contributed by atoms with Crippen molar-refractivity contribution in [2.24, 2.45) is 0 Å². The molecule has 0 fully saturated rings. The van der Waals surface area contributed by atoms with Gasteiger partial charge in [-0.05, 0) is 81.2 Å². The number of unbranched alkanes of at least 4 members (excludes halogenated alkanes) is 1. The molecule has 134 valence electrons. The Balaban J connectivity index is 0.000000324. The third-order valence-electron chi connectivity index (χ3n) is 4.22. The van der Waals surface area contributed by atoms with Crippen LogP contribution in [-0.4, -0.2) is 4.98 Å². The Labute approximate surface area is 154 Å². The number of aromatic nitrogens is 1. The lowest BCUT2D eigenvalue weighted by Crippen LogP contribution is -1.89. The van der Waals surface area contributed by atoms with Crippen LogP contribution in [0.2, 0.25) is 0 Å². The van der Waals surface area contributed by atoms with Crippen LogP contribution in [0.3, 0.4) is 0 Å². The summed E-state index contributed by atoms with van der Waals surface area (Å²) in [5, 5.41) is 0. The number of nitrogens with zero attached hydrogens (tertiary/aromatic N) is 1. The zero-order valence-electron chi connectivity index (χ0n) is 16.3. The number of pyridine rings is 1. The van der Waals surface area contributed by atoms with E-state index in [1.54, 1.807) is 0 Å². The Morgan fingerprint density at radius 1 is 0.760 bits per heavy atom. The van der Waals surface area contributed by atoms with Gasteiger partial charge in [0.25, 0.3) is 0 Å². The van der Waals surface area contributed by atoms with E-state index in [-0.39, 0.29) is 0 Å². The van der Waals surface area contributed by atoms with Gasteiger partial charge in [0.2, 0.25) is 0 Å². The predicted octanol–water partition coefficient (Wildman–Crippen LogP) is 6.93. The zero-order valence-corrected chi connectivity index (χ0v) is 16.3. The molecule has 1 aromatic carbocycles. The van der Waals surface area contributed by atoms with Gasteiger partial charge in [-0.1, -0.05) is 55.5 Å². The molecule has 0 saturated heterocycles. The van der Waals surface area contributed by atoms with E-state index in [9.17, 15) is 0 Å². The van der Waals surface area contributed by atoms with Crippen LogP contribution in [0.4, 0.5) is 0 Å². The Bertz CT molecular complexity index is 632. The first-order valence-corrected chi connectivity index (χ1v) is 9.36. The van der Waals surface area contributed by atoms with Crippen LogP contribution < -0.4 is 0 Å². The second kappa shape index (κ2) is 13.2. The summed E-state index contributed by atoms with van der Waals surface area (Å²) in [6, 6.07) is 10.4. The second-order valence-corrected chi connectivity index (χ2v) is 6.35. The van der Waals surface area contributed by atoms with Crippen molar-refractivity contribution < 1.29 is 0 Å². The fourth-order valence-electron chi connectivity index (χ4n) is 2.37. The first-order valence-electron chi connectivity index (χ1n) is 9.36. The average molecular weight is 336 g/mol. The highest BCUT2D eigenvalue weighted by Crippen LogP contribution is 2.08. The Hall–Kier alpha value is -2.15. The molecule has 1 nitrogen and oxygen atoms in total. The van der Waals surface area contributed by atoms with Crippen LogP contribution in [-0.2, 0) is 6.42 Å². The van der Waals surface area contributed by atoms with Crippen molar-refractivity contribution >= 4 is 0 Å². The topological polar surface area (TPSA) is 12.9 Å². The predicted molar refractivity (Wildman–Crippen MR) is 111 cm³/mol. The van der Waals surface area contributed by atoms with Gasteiger partial charge < -0.3 is 0 Å². The number of aryl methyl sites for hydroxylation is 4. The summed E-state index contributed by atoms with van der Waals surface area (Å²) in [6.45, 7) is 8.56. The molecule has 0 atom stereocenters. The molecule has 1 heteroatoms. The van der Waals surface area contributed by atoms with Gasteiger partial charge in [-0.15, -0.1) is 0 Å². The van der Waals surface area contributed by atoms with Gasteiger partial charge in [-0.2, -0.15) is 0 Å². The van der Waals surface area contributed by atoms with Gasteiger partial charge in [0.15, 0.2) is 0 Å². The summed E-state index contributed by atoms with van der Waals surface area (Å²) in [5.74, 6) is 0. The fraction of sp³-hybridized carbons (Fsp3) is 0.375. The van der Waals surface area contributed by atoms with Gasteiger partial charge in [0.05, 0.1) is 0 Å². The van der Waals surface area contributed by atoms with Crippen molar-refractivity contribution in [3.8, 4) is 0 Å². The Kier molecular flexibility index (Phi) is 11.0. The molecule has 0 unspecified atom stereocenters. The highest BCUT2D eigenvalue weighted by atomic mass is 14.6. The summed E-state index contributed by atoms with van der Waals surface area (Å²) in [6.07, 6.45) is 18.6. The van der Waals surface area contributed by atoms with E-state index in [1.807, 2.05) is 12.4 Å². The van der Waals surface area contributed by atoms with Crippen molar-refractivity contribution in [3.63, 3.8) is 0 Å². The van der Waals surface area contributed by atoms with Crippen LogP contribution in [0, 0.1) is 20.8 Å². The SMILES string of the molecule is CC/C=C\CC/C=C\CCc1cnccc1C.Cc1ccccc1C. The van der Waals surface area contributed by atoms with Gasteiger partial charge in [0.1, 0.15) is 0 Å². The molecule has 0 N–H and O–H groups in total. The standard InChI is InChI=1S/C16H23N.C8H10/c1-3-4-5-6-7-8-9-10-11-16-14-17-13-12-15(16)2;1-7-5-3-4-6-8(7)2/h4-5,8-9,12-14H,3,6-7,10-11H2,1-2H3;3-6H,1-2H3/b5-4-,9-8-;. The maximum Gasteiger partial charge on any atom is 0.0302 e. The van der Waals surface area contributed by atoms with Gasteiger partial charge in [0, 0.05) is 12.4 Å². The monoisotopic (exact) mass is 335 g/mol. The lowest BCUT2D eigenvalue weighted by molar-refractivity contribution is 0.954. The molecule has 2 rings (SSSR count). The Morgan fingerprint density at radius 2 is 1.36 bits per heavy atom. The normalized spacial score (nSPS) is 10.9. The smallest absolute Gasteiger partial charge is 0.0302 e. The second-order valence-electron chi connectivity index (χ2n) is 6.35. The van der Waals surface area contributed by atoms with Crippen molar-refractivity contribution in [2.75, 3.05) is 0 Å². The average Bonchev–Trinajstić information content (AvgIpc) is 2.62. The molecule has 0 saturated carbocycles. The van der Waals surface area contributed by atoms with E-state index < -0.39 is 0 Å². The van der Waals surface area contributed by atoms with Crippen LogP contribution in [0.1, 0.15) is 54.9 Å². The molecule has 1 aromatic heterocycles. The number of allylic oxidation sites excluding steroid dienone is 4. The number of hydrogen-bond acceptors (Lipinski definition) is 1. The maximum absolute atomic E-state index is 4.16. The van der Waals surface area contributed by atoms with Crippen molar-refractivity contribution in [1.29, 1.82) is 0 Å². The third-order valence-corrected chi connectivity index (χ3v) is 4.22. The summed E-state index contributed by atoms with van der Waals surface area (Å²) in [4.78, 5) is 4.16. The molecule has 0 amide bonds. The molecular formula is C24H33N. The third kappa shape index (κ3) is 9.66. The van der Waals surface area contributed by atoms with Crippen LogP contribution in [0.15, 0.2) is 67.0 Å². The molecule has 0 bridgehead atoms. The van der Waals surface area contributed by atoms with Crippen molar-refractivity contribution in [3.05, 3.63) is 89.3 Å². The number of hydrogen-bond donors (Lipinski definition) is 0. The molecule has 25 heavy (non-hydrogen) atoms. The highest BCUT2D eigenvalue weighted by molar-refractivity contribution is 5.23. The lowest BCUT2D eigenvalue weighted by Gasteiger charge is -2.01. The molecule has 0 spiro atoms. The minimum absolute atomic E-state index is 1.10. The van der Waals surface area contributed by atoms with E-state index in [2.05, 4.69) is 87.3 Å². The fourth-order valence-corrected chi connectivity index (χ4v) is 2.37. The largest absolute Gasteiger partial charge is 0.264 e. The number of benzene rings is 1. The van der Waals surface area contributed by atoms with Gasteiger partial charge >= 0.3 is 0 Å². The molecule has 0 aliphatic rings. The lowest BCUT2D eigenvalue weighted by atomic mass is 10.1. The van der Waals surface area contributed by atoms with Crippen LogP contribution in [0.5, 0.6) is 0 Å². The van der Waals surface area contributed by atoms with E-state index in [1.165, 1.54) is 22.3 Å². The summed E-state index contributed by atoms with van der Waals surface area (Å²) in [5.41, 5.74) is 5.45. The minimum atomic E-state index is 1.10. The van der Waals surface area contributed by atoms with E-state index in [4.69, 9.17) is 0 Å². The van der Waals surface area contributed by atoms with E-state index in [0.29, 0.717) is 0 Å². The summed E-state index contributed by atoms with van der Waals surface area (Å²) in [7, 11) is 0. The van der Waals surface area contributed by atoms with Gasteiger partial charge in [-0.3, -0.25) is 4.98 Å². The first-order chi connectivity index (χ1) is 12.1. The van der Waals surface area contributed by atoms with E-state index >= 15 is 0 Å². The van der Waals surface area contributed by atoms with Crippen molar-refractivity contribution in [1.82, 2.24) is 4.98 Å². The molecular weight excluding hydrogens is 302 g/mol. The molecule has 2 aromatic rings. The summed E-state index contributed by atoms with van der Waals surface area (Å²) >= 11 is 0. The number of rotatable bonds is 7. The van der Waals surface area contributed by atoms with Crippen molar-refractivity contribution in [2.45, 2.75) is 59.8 Å². The van der Waals surface area contributed by atoms with E-state index in [0.717, 1.165) is 32.1 Å². The highest BCUT2D eigenvalue weighted by Gasteiger charge is 1.95. The minimum Gasteiger partial charge on any atom is -0.264 e. The van der Waals surface area contributed by atoms with Gasteiger partial charge in [-0.25, -0.2) is 0 Å². The van der Waals surface area contributed by atoms with Crippen LogP contribution in [0.25, 0.3) is 0 Å². The zero-order chi connectivity index (χ0) is 18.3.